The van der Waals surface area contributed by atoms with Crippen molar-refractivity contribution in [2.24, 2.45) is 0 Å². The summed E-state index contributed by atoms with van der Waals surface area (Å²) in [5.41, 5.74) is 1.46. The Balaban J connectivity index is 1.71. The van der Waals surface area contributed by atoms with Crippen LogP contribution in [-0.4, -0.2) is 14.5 Å². The zero-order valence-corrected chi connectivity index (χ0v) is 13.6. The third kappa shape index (κ3) is 3.97. The fourth-order valence-corrected chi connectivity index (χ4v) is 4.34. The zero-order valence-electron chi connectivity index (χ0n) is 11.2. The predicted molar refractivity (Wildman–Crippen MR) is 86.4 cm³/mol. The van der Waals surface area contributed by atoms with E-state index in [0.717, 1.165) is 5.56 Å². The molecule has 1 aromatic heterocycles. The number of halogens is 1. The van der Waals surface area contributed by atoms with Gasteiger partial charge in [0.2, 0.25) is 0 Å². The molecule has 0 unspecified atom stereocenters. The van der Waals surface area contributed by atoms with Crippen molar-refractivity contribution in [3.63, 3.8) is 0 Å². The van der Waals surface area contributed by atoms with Crippen molar-refractivity contribution in [1.82, 2.24) is 5.32 Å². The van der Waals surface area contributed by atoms with Crippen LogP contribution in [0.2, 0.25) is 5.02 Å². The summed E-state index contributed by atoms with van der Waals surface area (Å²) in [6.45, 7) is 0.716. The number of rotatable bonds is 6. The normalized spacial score (nSPS) is 15.1. The summed E-state index contributed by atoms with van der Waals surface area (Å²) in [6, 6.07) is 8.99. The highest BCUT2D eigenvalue weighted by Crippen LogP contribution is 2.25. The zero-order chi connectivity index (χ0) is 14.9. The molecular formula is C14H15ClN2O2S2. The topological polar surface area (TPSA) is 58.2 Å². The van der Waals surface area contributed by atoms with E-state index in [1.165, 1.54) is 24.2 Å². The maximum Gasteiger partial charge on any atom is 0.271 e. The van der Waals surface area contributed by atoms with E-state index in [1.54, 1.807) is 30.3 Å². The summed E-state index contributed by atoms with van der Waals surface area (Å²) in [4.78, 5) is 0. The second kappa shape index (κ2) is 5.96. The third-order valence-electron chi connectivity index (χ3n) is 3.14. The van der Waals surface area contributed by atoms with Crippen LogP contribution in [-0.2, 0) is 16.6 Å². The monoisotopic (exact) mass is 342 g/mol. The molecule has 2 aromatic rings. The molecule has 2 N–H and O–H groups in total. The Bertz CT molecular complexity index is 739. The molecular weight excluding hydrogens is 328 g/mol. The Morgan fingerprint density at radius 3 is 2.81 bits per heavy atom. The predicted octanol–water partition coefficient (Wildman–Crippen LogP) is 3.45. The van der Waals surface area contributed by atoms with Gasteiger partial charge in [0.25, 0.3) is 10.0 Å². The van der Waals surface area contributed by atoms with Crippen molar-refractivity contribution in [3.05, 3.63) is 46.3 Å². The molecule has 7 heteroatoms. The SMILES string of the molecule is O=S(=O)(Nc1cccc(Cl)c1)c1cc(CNC2CC2)cs1. The van der Waals surface area contributed by atoms with Crippen molar-refractivity contribution in [2.75, 3.05) is 4.72 Å². The van der Waals surface area contributed by atoms with Crippen LogP contribution in [0.15, 0.2) is 39.9 Å². The molecule has 21 heavy (non-hydrogen) atoms. The number of hydrogen-bond acceptors (Lipinski definition) is 4. The minimum Gasteiger partial charge on any atom is -0.310 e. The highest BCUT2D eigenvalue weighted by atomic mass is 35.5. The molecule has 0 atom stereocenters. The Morgan fingerprint density at radius 2 is 2.10 bits per heavy atom. The lowest BCUT2D eigenvalue weighted by atomic mass is 10.3. The van der Waals surface area contributed by atoms with Crippen molar-refractivity contribution in [2.45, 2.75) is 29.6 Å². The van der Waals surface area contributed by atoms with E-state index in [2.05, 4.69) is 10.0 Å². The molecule has 0 aliphatic heterocycles. The number of nitrogens with one attached hydrogen (secondary N) is 2. The first-order valence-electron chi connectivity index (χ1n) is 6.62. The van der Waals surface area contributed by atoms with Crippen LogP contribution in [0.3, 0.4) is 0 Å². The van der Waals surface area contributed by atoms with Gasteiger partial charge in [0.15, 0.2) is 0 Å². The summed E-state index contributed by atoms with van der Waals surface area (Å²) in [5.74, 6) is 0. The second-order valence-electron chi connectivity index (χ2n) is 5.05. The van der Waals surface area contributed by atoms with Crippen LogP contribution in [0.4, 0.5) is 5.69 Å². The van der Waals surface area contributed by atoms with E-state index < -0.39 is 10.0 Å². The largest absolute Gasteiger partial charge is 0.310 e. The third-order valence-corrected chi connectivity index (χ3v) is 6.25. The van der Waals surface area contributed by atoms with Crippen LogP contribution in [0, 0.1) is 0 Å². The van der Waals surface area contributed by atoms with Crippen LogP contribution in [0.25, 0.3) is 0 Å². The lowest BCUT2D eigenvalue weighted by molar-refractivity contribution is 0.603. The first-order valence-corrected chi connectivity index (χ1v) is 9.36. The van der Waals surface area contributed by atoms with Gasteiger partial charge in [0.05, 0.1) is 5.69 Å². The van der Waals surface area contributed by atoms with Gasteiger partial charge in [-0.1, -0.05) is 17.7 Å². The van der Waals surface area contributed by atoms with Crippen molar-refractivity contribution >= 4 is 38.6 Å². The molecule has 0 bridgehead atoms. The van der Waals surface area contributed by atoms with Gasteiger partial charge in [-0.2, -0.15) is 0 Å². The molecule has 4 nitrogen and oxygen atoms in total. The lowest BCUT2D eigenvalue weighted by Crippen LogP contribution is -2.15. The minimum absolute atomic E-state index is 0.315. The summed E-state index contributed by atoms with van der Waals surface area (Å²) >= 11 is 7.09. The van der Waals surface area contributed by atoms with Gasteiger partial charge in [0, 0.05) is 17.6 Å². The maximum atomic E-state index is 12.3. The minimum atomic E-state index is -3.55. The standard InChI is InChI=1S/C14H15ClN2O2S2/c15-11-2-1-3-13(7-11)17-21(18,19)14-6-10(9-20-14)8-16-12-4-5-12/h1-3,6-7,9,12,16-17H,4-5,8H2. The molecule has 1 aliphatic rings. The molecule has 3 rings (SSSR count). The highest BCUT2D eigenvalue weighted by Gasteiger charge is 2.21. The van der Waals surface area contributed by atoms with Gasteiger partial charge >= 0.3 is 0 Å². The Labute approximate surface area is 133 Å². The Morgan fingerprint density at radius 1 is 1.29 bits per heavy atom. The Kier molecular flexibility index (Phi) is 4.21. The second-order valence-corrected chi connectivity index (χ2v) is 8.30. The van der Waals surface area contributed by atoms with E-state index in [4.69, 9.17) is 11.6 Å². The van der Waals surface area contributed by atoms with Gasteiger partial charge in [-0.15, -0.1) is 11.3 Å². The van der Waals surface area contributed by atoms with E-state index in [1.807, 2.05) is 5.38 Å². The first-order chi connectivity index (χ1) is 10.0. The molecule has 0 amide bonds. The van der Waals surface area contributed by atoms with Gasteiger partial charge in [0.1, 0.15) is 4.21 Å². The van der Waals surface area contributed by atoms with Crippen LogP contribution >= 0.6 is 22.9 Å². The summed E-state index contributed by atoms with van der Waals surface area (Å²) in [6.07, 6.45) is 2.43. The first kappa shape index (κ1) is 14.8. The molecule has 1 fully saturated rings. The number of benzene rings is 1. The quantitative estimate of drug-likeness (QED) is 0.845. The fraction of sp³-hybridized carbons (Fsp3) is 0.286. The molecule has 1 aromatic carbocycles. The lowest BCUT2D eigenvalue weighted by Gasteiger charge is -2.06. The van der Waals surface area contributed by atoms with Crippen molar-refractivity contribution in [1.29, 1.82) is 0 Å². The summed E-state index contributed by atoms with van der Waals surface area (Å²) in [7, 11) is -3.55. The molecule has 1 aliphatic carbocycles. The van der Waals surface area contributed by atoms with Crippen LogP contribution in [0.5, 0.6) is 0 Å². The summed E-state index contributed by atoms with van der Waals surface area (Å²) < 4.78 is 27.5. The molecule has 1 saturated carbocycles. The molecule has 0 spiro atoms. The fourth-order valence-electron chi connectivity index (χ4n) is 1.89. The van der Waals surface area contributed by atoms with Crippen LogP contribution < -0.4 is 10.0 Å². The Hall–Kier alpha value is -1.08. The van der Waals surface area contributed by atoms with Gasteiger partial charge in [-0.3, -0.25) is 4.72 Å². The average molecular weight is 343 g/mol. The van der Waals surface area contributed by atoms with Crippen molar-refractivity contribution in [3.8, 4) is 0 Å². The average Bonchev–Trinajstić information content (AvgIpc) is 3.12. The van der Waals surface area contributed by atoms with E-state index in [0.29, 0.717) is 27.5 Å². The van der Waals surface area contributed by atoms with Gasteiger partial charge < -0.3 is 5.32 Å². The van der Waals surface area contributed by atoms with Crippen molar-refractivity contribution < 1.29 is 8.42 Å². The molecule has 112 valence electrons. The number of sulfonamides is 1. The maximum absolute atomic E-state index is 12.3. The smallest absolute Gasteiger partial charge is 0.271 e. The van der Waals surface area contributed by atoms with E-state index in [-0.39, 0.29) is 0 Å². The summed E-state index contributed by atoms with van der Waals surface area (Å²) in [5, 5.41) is 5.74. The molecule has 0 radical (unpaired) electrons. The van der Waals surface area contributed by atoms with Crippen LogP contribution in [0.1, 0.15) is 18.4 Å². The highest BCUT2D eigenvalue weighted by molar-refractivity contribution is 7.94. The number of thiophene rings is 1. The van der Waals surface area contributed by atoms with E-state index in [9.17, 15) is 8.42 Å². The number of anilines is 1. The van der Waals surface area contributed by atoms with Gasteiger partial charge in [-0.05, 0) is 48.1 Å². The molecule has 0 saturated heterocycles. The molecule has 1 heterocycles. The van der Waals surface area contributed by atoms with E-state index >= 15 is 0 Å². The van der Waals surface area contributed by atoms with Gasteiger partial charge in [-0.25, -0.2) is 8.42 Å². The number of hydrogen-bond donors (Lipinski definition) is 2.